The Labute approximate surface area is 168 Å². The van der Waals surface area contributed by atoms with E-state index in [-0.39, 0.29) is 5.91 Å². The van der Waals surface area contributed by atoms with Crippen LogP contribution in [-0.4, -0.2) is 18.6 Å². The van der Waals surface area contributed by atoms with E-state index in [1.54, 1.807) is 0 Å². The number of benzene rings is 2. The molecule has 0 saturated heterocycles. The Kier molecular flexibility index (Phi) is 6.61. The van der Waals surface area contributed by atoms with Crippen molar-refractivity contribution in [1.29, 1.82) is 0 Å². The van der Waals surface area contributed by atoms with E-state index in [1.807, 2.05) is 0 Å². The number of hydrogen-bond donors (Lipinski definition) is 2. The lowest BCUT2D eigenvalue weighted by atomic mass is 9.72. The monoisotopic (exact) mass is 382 g/mol. The summed E-state index contributed by atoms with van der Waals surface area (Å²) in [6.45, 7) is 8.40. The van der Waals surface area contributed by atoms with Crippen LogP contribution < -0.4 is 15.8 Å². The van der Waals surface area contributed by atoms with Crippen LogP contribution in [0.5, 0.6) is 5.75 Å². The predicted molar refractivity (Wildman–Crippen MR) is 115 cm³/mol. The maximum atomic E-state index is 10.8. The van der Waals surface area contributed by atoms with Crippen molar-refractivity contribution in [3.63, 3.8) is 0 Å². The van der Waals surface area contributed by atoms with Crippen LogP contribution in [-0.2, 0) is 11.3 Å². The lowest BCUT2D eigenvalue weighted by molar-refractivity contribution is -0.117. The number of fused-ring (bicyclic) bond motifs is 1. The maximum absolute atomic E-state index is 10.8. The molecule has 0 aromatic heterocycles. The van der Waals surface area contributed by atoms with Gasteiger partial charge in [-0.2, -0.15) is 0 Å². The predicted octanol–water partition coefficient (Wildman–Crippen LogP) is 4.79. The molecule has 0 bridgehead atoms. The highest BCUT2D eigenvalue weighted by Gasteiger charge is 2.30. The summed E-state index contributed by atoms with van der Waals surface area (Å²) in [5.41, 5.74) is 6.77. The number of primary amides is 1. The summed E-state index contributed by atoms with van der Waals surface area (Å²) in [5.74, 6) is 1.50. The van der Waals surface area contributed by atoms with Gasteiger partial charge in [0, 0.05) is 19.5 Å². The van der Waals surface area contributed by atoms with Crippen molar-refractivity contribution in [3.8, 4) is 5.75 Å². The van der Waals surface area contributed by atoms with E-state index in [4.69, 9.17) is 10.5 Å². The van der Waals surface area contributed by atoms with Gasteiger partial charge in [0.2, 0.25) is 5.91 Å². The topological polar surface area (TPSA) is 64.3 Å². The van der Waals surface area contributed by atoms with Crippen LogP contribution >= 0.6 is 0 Å². The van der Waals surface area contributed by atoms with Crippen molar-refractivity contribution >= 4 is 16.7 Å². The number of nitrogens with two attached hydrogens (primary N) is 1. The lowest BCUT2D eigenvalue weighted by Gasteiger charge is -2.37. The Morgan fingerprint density at radius 1 is 1.07 bits per heavy atom. The van der Waals surface area contributed by atoms with Crippen molar-refractivity contribution in [2.45, 2.75) is 65.5 Å². The van der Waals surface area contributed by atoms with Gasteiger partial charge in [-0.1, -0.05) is 39.0 Å². The van der Waals surface area contributed by atoms with Gasteiger partial charge < -0.3 is 15.8 Å². The summed E-state index contributed by atoms with van der Waals surface area (Å²) in [6.07, 6.45) is 5.52. The first-order chi connectivity index (χ1) is 13.3. The molecule has 1 amide bonds. The fourth-order valence-corrected chi connectivity index (χ4v) is 4.14. The Morgan fingerprint density at radius 2 is 1.75 bits per heavy atom. The Hall–Kier alpha value is -2.07. The summed E-state index contributed by atoms with van der Waals surface area (Å²) in [7, 11) is 0. The molecule has 2 aromatic rings. The standard InChI is InChI=1S/C24H34N2O2/c1-24(2,3)20-7-10-21(11-8-20)28-22-9-6-18-14-17(4-5-19(18)15-22)16-26-13-12-23(25)27/h4-6,9,14-15,20-21,26H,7-8,10-13,16H2,1-3H3,(H2,25,27)/t20-,21-. The third-order valence-electron chi connectivity index (χ3n) is 5.96. The van der Waals surface area contributed by atoms with Crippen LogP contribution in [0, 0.1) is 11.3 Å². The van der Waals surface area contributed by atoms with Gasteiger partial charge in [0.25, 0.3) is 0 Å². The van der Waals surface area contributed by atoms with E-state index < -0.39 is 0 Å². The number of rotatable bonds is 7. The zero-order valence-electron chi connectivity index (χ0n) is 17.5. The van der Waals surface area contributed by atoms with E-state index in [0.29, 0.717) is 24.5 Å². The highest BCUT2D eigenvalue weighted by molar-refractivity contribution is 5.84. The van der Waals surface area contributed by atoms with Crippen LogP contribution in [0.2, 0.25) is 0 Å². The third-order valence-corrected chi connectivity index (χ3v) is 5.96. The van der Waals surface area contributed by atoms with Crippen molar-refractivity contribution in [3.05, 3.63) is 42.0 Å². The molecule has 1 aliphatic rings. The summed E-state index contributed by atoms with van der Waals surface area (Å²) in [6, 6.07) is 12.8. The summed E-state index contributed by atoms with van der Waals surface area (Å²) in [4.78, 5) is 10.8. The van der Waals surface area contributed by atoms with Crippen LogP contribution in [0.3, 0.4) is 0 Å². The molecule has 3 N–H and O–H groups in total. The van der Waals surface area contributed by atoms with E-state index in [2.05, 4.69) is 62.5 Å². The molecule has 152 valence electrons. The molecule has 28 heavy (non-hydrogen) atoms. The highest BCUT2D eigenvalue weighted by Crippen LogP contribution is 2.39. The van der Waals surface area contributed by atoms with Crippen LogP contribution in [0.15, 0.2) is 36.4 Å². The van der Waals surface area contributed by atoms with Crippen LogP contribution in [0.4, 0.5) is 0 Å². The molecule has 0 aliphatic heterocycles. The molecule has 1 fully saturated rings. The summed E-state index contributed by atoms with van der Waals surface area (Å²) < 4.78 is 6.30. The minimum absolute atomic E-state index is 0.273. The number of nitrogens with one attached hydrogen (secondary N) is 1. The zero-order chi connectivity index (χ0) is 20.1. The molecule has 0 unspecified atom stereocenters. The second kappa shape index (κ2) is 8.95. The quantitative estimate of drug-likeness (QED) is 0.677. The van der Waals surface area contributed by atoms with Crippen molar-refractivity contribution in [2.24, 2.45) is 17.1 Å². The molecule has 3 rings (SSSR count). The fraction of sp³-hybridized carbons (Fsp3) is 0.542. The van der Waals surface area contributed by atoms with Crippen LogP contribution in [0.25, 0.3) is 10.8 Å². The smallest absolute Gasteiger partial charge is 0.218 e. The molecule has 0 atom stereocenters. The number of carbonyl (C=O) groups is 1. The molecular formula is C24H34N2O2. The van der Waals surface area contributed by atoms with E-state index in [9.17, 15) is 4.79 Å². The lowest BCUT2D eigenvalue weighted by Crippen LogP contribution is -2.30. The van der Waals surface area contributed by atoms with Gasteiger partial charge >= 0.3 is 0 Å². The maximum Gasteiger partial charge on any atom is 0.218 e. The Morgan fingerprint density at radius 3 is 2.43 bits per heavy atom. The average Bonchev–Trinajstić information content (AvgIpc) is 2.65. The molecule has 0 heterocycles. The van der Waals surface area contributed by atoms with Gasteiger partial charge in [0.05, 0.1) is 6.10 Å². The third kappa shape index (κ3) is 5.71. The van der Waals surface area contributed by atoms with Crippen molar-refractivity contribution < 1.29 is 9.53 Å². The average molecular weight is 383 g/mol. The largest absolute Gasteiger partial charge is 0.490 e. The van der Waals surface area contributed by atoms with Gasteiger partial charge in [0.15, 0.2) is 0 Å². The molecular weight excluding hydrogens is 348 g/mol. The molecule has 4 heteroatoms. The van der Waals surface area contributed by atoms with Gasteiger partial charge in [-0.25, -0.2) is 0 Å². The number of carbonyl (C=O) groups excluding carboxylic acids is 1. The fourth-order valence-electron chi connectivity index (χ4n) is 4.14. The summed E-state index contributed by atoms with van der Waals surface area (Å²) in [5, 5.41) is 5.65. The van der Waals surface area contributed by atoms with Gasteiger partial charge in [-0.15, -0.1) is 0 Å². The molecule has 2 aromatic carbocycles. The number of amides is 1. The first-order valence-corrected chi connectivity index (χ1v) is 10.5. The first kappa shape index (κ1) is 20.7. The number of ether oxygens (including phenoxy) is 1. The van der Waals surface area contributed by atoms with Gasteiger partial charge in [-0.05, 0) is 71.6 Å². The first-order valence-electron chi connectivity index (χ1n) is 10.5. The Bertz CT molecular complexity index is 802. The Balaban J connectivity index is 1.56. The van der Waals surface area contributed by atoms with Gasteiger partial charge in [-0.3, -0.25) is 4.79 Å². The second-order valence-electron chi connectivity index (χ2n) is 9.19. The van der Waals surface area contributed by atoms with Crippen molar-refractivity contribution in [1.82, 2.24) is 5.32 Å². The molecule has 0 radical (unpaired) electrons. The SMILES string of the molecule is CC(C)(C)[C@H]1CC[C@H](Oc2ccc3cc(CNCCC(N)=O)ccc3c2)CC1. The molecule has 1 saturated carbocycles. The van der Waals surface area contributed by atoms with Crippen LogP contribution in [0.1, 0.15) is 58.4 Å². The molecule has 0 spiro atoms. The van der Waals surface area contributed by atoms with E-state index >= 15 is 0 Å². The van der Waals surface area contributed by atoms with E-state index in [1.165, 1.54) is 29.2 Å². The normalized spacial score (nSPS) is 20.2. The number of hydrogen-bond acceptors (Lipinski definition) is 3. The molecule has 4 nitrogen and oxygen atoms in total. The highest BCUT2D eigenvalue weighted by atomic mass is 16.5. The van der Waals surface area contributed by atoms with Crippen molar-refractivity contribution in [2.75, 3.05) is 6.54 Å². The van der Waals surface area contributed by atoms with Gasteiger partial charge in [0.1, 0.15) is 5.75 Å². The minimum Gasteiger partial charge on any atom is -0.490 e. The second-order valence-corrected chi connectivity index (χ2v) is 9.19. The summed E-state index contributed by atoms with van der Waals surface area (Å²) >= 11 is 0. The zero-order valence-corrected chi connectivity index (χ0v) is 17.5. The van der Waals surface area contributed by atoms with E-state index in [0.717, 1.165) is 31.1 Å². The minimum atomic E-state index is -0.273. The molecule has 1 aliphatic carbocycles.